The second-order valence-electron chi connectivity index (χ2n) is 8.36. The van der Waals surface area contributed by atoms with Gasteiger partial charge >= 0.3 is 0 Å². The SMILES string of the molecule is CCOc1ccc2c(c1)-c1c(ssc1=S)C(C)(C)N2C(=O)COc1ccc2ccccc2c1. The summed E-state index contributed by atoms with van der Waals surface area (Å²) >= 11 is 5.68. The summed E-state index contributed by atoms with van der Waals surface area (Å²) in [5.41, 5.74) is 2.27. The second-order valence-corrected chi connectivity index (χ2v) is 11.2. The van der Waals surface area contributed by atoms with Gasteiger partial charge in [-0.3, -0.25) is 9.69 Å². The summed E-state index contributed by atoms with van der Waals surface area (Å²) in [6.07, 6.45) is 0. The lowest BCUT2D eigenvalue weighted by Crippen LogP contribution is -2.49. The molecule has 1 aliphatic heterocycles. The van der Waals surface area contributed by atoms with Gasteiger partial charge in [-0.05, 0) is 61.9 Å². The highest BCUT2D eigenvalue weighted by atomic mass is 32.9. The topological polar surface area (TPSA) is 38.8 Å². The van der Waals surface area contributed by atoms with Crippen molar-refractivity contribution in [3.8, 4) is 22.6 Å². The zero-order valence-corrected chi connectivity index (χ0v) is 21.0. The zero-order chi connectivity index (χ0) is 23.2. The maximum absolute atomic E-state index is 13.6. The molecule has 33 heavy (non-hydrogen) atoms. The first-order valence-electron chi connectivity index (χ1n) is 10.8. The molecule has 7 heteroatoms. The quantitative estimate of drug-likeness (QED) is 0.214. The lowest BCUT2D eigenvalue weighted by Gasteiger charge is -2.42. The van der Waals surface area contributed by atoms with Crippen molar-refractivity contribution in [3.63, 3.8) is 0 Å². The van der Waals surface area contributed by atoms with Gasteiger partial charge in [-0.15, -0.1) is 0 Å². The van der Waals surface area contributed by atoms with Crippen molar-refractivity contribution < 1.29 is 14.3 Å². The third kappa shape index (κ3) is 3.84. The summed E-state index contributed by atoms with van der Waals surface area (Å²) in [7, 11) is 3.22. The van der Waals surface area contributed by atoms with E-state index in [4.69, 9.17) is 21.7 Å². The molecule has 5 rings (SSSR count). The molecule has 0 bridgehead atoms. The molecule has 0 saturated heterocycles. The van der Waals surface area contributed by atoms with Crippen molar-refractivity contribution in [2.75, 3.05) is 18.1 Å². The number of nitrogens with zero attached hydrogens (tertiary/aromatic N) is 1. The van der Waals surface area contributed by atoms with Gasteiger partial charge in [-0.25, -0.2) is 0 Å². The molecule has 0 atom stereocenters. The average Bonchev–Trinajstić information content (AvgIpc) is 3.21. The summed E-state index contributed by atoms with van der Waals surface area (Å²) in [6, 6.07) is 19.8. The number of hydrogen-bond acceptors (Lipinski definition) is 6. The van der Waals surface area contributed by atoms with Crippen molar-refractivity contribution >= 4 is 55.3 Å². The number of carbonyl (C=O) groups excluding carboxylic acids is 1. The van der Waals surface area contributed by atoms with E-state index in [0.717, 1.165) is 42.0 Å². The van der Waals surface area contributed by atoms with Crippen LogP contribution in [0, 0.1) is 3.82 Å². The van der Waals surface area contributed by atoms with Crippen molar-refractivity contribution in [2.24, 2.45) is 0 Å². The van der Waals surface area contributed by atoms with Crippen molar-refractivity contribution in [3.05, 3.63) is 69.4 Å². The molecule has 0 radical (unpaired) electrons. The van der Waals surface area contributed by atoms with Gasteiger partial charge in [0.2, 0.25) is 0 Å². The maximum atomic E-state index is 13.6. The Kier molecular flexibility index (Phi) is 5.72. The summed E-state index contributed by atoms with van der Waals surface area (Å²) < 4.78 is 12.5. The normalized spacial score (nSPS) is 14.0. The number of anilines is 1. The van der Waals surface area contributed by atoms with Gasteiger partial charge < -0.3 is 9.47 Å². The highest BCUT2D eigenvalue weighted by molar-refractivity contribution is 7.80. The van der Waals surface area contributed by atoms with Gasteiger partial charge in [0.25, 0.3) is 5.91 Å². The van der Waals surface area contributed by atoms with E-state index >= 15 is 0 Å². The third-order valence-corrected chi connectivity index (χ3v) is 9.20. The largest absolute Gasteiger partial charge is 0.494 e. The number of hydrogen-bond donors (Lipinski definition) is 0. The molecule has 3 aromatic carbocycles. The van der Waals surface area contributed by atoms with E-state index in [2.05, 4.69) is 19.9 Å². The smallest absolute Gasteiger partial charge is 0.265 e. The standard InChI is InChI=1S/C26H23NO3S3/c1-4-29-19-11-12-21-20(14-19)23-24(32-33-25(23)31)26(2,3)27(21)22(28)15-30-18-10-9-16-7-5-6-8-17(16)13-18/h5-14H,4,15H2,1-3H3. The average molecular weight is 494 g/mol. The van der Waals surface area contributed by atoms with E-state index in [9.17, 15) is 4.79 Å². The van der Waals surface area contributed by atoms with E-state index in [1.165, 1.54) is 0 Å². The predicted molar refractivity (Wildman–Crippen MR) is 140 cm³/mol. The highest BCUT2D eigenvalue weighted by Gasteiger charge is 2.43. The molecule has 168 valence electrons. The number of rotatable bonds is 5. The van der Waals surface area contributed by atoms with Crippen LogP contribution in [-0.2, 0) is 10.3 Å². The van der Waals surface area contributed by atoms with Crippen LogP contribution in [0.4, 0.5) is 5.69 Å². The molecule has 1 aliphatic rings. The molecule has 0 aliphatic carbocycles. The first kappa shape index (κ1) is 22.1. The third-order valence-electron chi connectivity index (χ3n) is 5.87. The van der Waals surface area contributed by atoms with E-state index in [0.29, 0.717) is 12.4 Å². The molecule has 0 N–H and O–H groups in total. The molecule has 1 amide bonds. The molecule has 0 saturated carbocycles. The Morgan fingerprint density at radius 1 is 0.970 bits per heavy atom. The monoisotopic (exact) mass is 493 g/mol. The van der Waals surface area contributed by atoms with Crippen LogP contribution in [0.2, 0.25) is 0 Å². The Hall–Kier alpha value is -2.74. The van der Waals surface area contributed by atoms with Gasteiger partial charge in [-0.1, -0.05) is 63.2 Å². The summed E-state index contributed by atoms with van der Waals surface area (Å²) in [5, 5.41) is 2.22. The molecule has 0 fully saturated rings. The van der Waals surface area contributed by atoms with E-state index in [-0.39, 0.29) is 12.5 Å². The fourth-order valence-corrected chi connectivity index (χ4v) is 7.66. The van der Waals surface area contributed by atoms with Crippen molar-refractivity contribution in [2.45, 2.75) is 26.3 Å². The summed E-state index contributed by atoms with van der Waals surface area (Å²) in [4.78, 5) is 16.5. The van der Waals surface area contributed by atoms with E-state index in [1.54, 1.807) is 20.7 Å². The van der Waals surface area contributed by atoms with E-state index in [1.807, 2.05) is 66.4 Å². The van der Waals surface area contributed by atoms with E-state index < -0.39 is 5.54 Å². The van der Waals surface area contributed by atoms with Crippen LogP contribution >= 0.6 is 32.9 Å². The highest BCUT2D eigenvalue weighted by Crippen LogP contribution is 2.52. The van der Waals surface area contributed by atoms with Gasteiger partial charge in [0.1, 0.15) is 15.3 Å². The van der Waals surface area contributed by atoms with Crippen LogP contribution in [0.5, 0.6) is 11.5 Å². The minimum atomic E-state index is -0.544. The molecule has 4 aromatic rings. The molecule has 4 nitrogen and oxygen atoms in total. The van der Waals surface area contributed by atoms with Crippen LogP contribution in [0.3, 0.4) is 0 Å². The van der Waals surface area contributed by atoms with Crippen LogP contribution in [0.25, 0.3) is 21.9 Å². The van der Waals surface area contributed by atoms with Gasteiger partial charge in [0.05, 0.1) is 22.7 Å². The Morgan fingerprint density at radius 3 is 2.48 bits per heavy atom. The molecule has 1 aromatic heterocycles. The number of amides is 1. The van der Waals surface area contributed by atoms with Crippen molar-refractivity contribution in [1.82, 2.24) is 0 Å². The molecular formula is C26H23NO3S3. The Bertz CT molecular complexity index is 1420. The number of fused-ring (bicyclic) bond motifs is 4. The molecule has 2 heterocycles. The predicted octanol–water partition coefficient (Wildman–Crippen LogP) is 7.42. The Balaban J connectivity index is 1.50. The van der Waals surface area contributed by atoms with Crippen LogP contribution < -0.4 is 14.4 Å². The maximum Gasteiger partial charge on any atom is 0.265 e. The molecular weight excluding hydrogens is 470 g/mol. The fraction of sp³-hybridized carbons (Fsp3) is 0.231. The number of carbonyl (C=O) groups is 1. The second kappa shape index (κ2) is 8.56. The van der Waals surface area contributed by atoms with Gasteiger partial charge in [0.15, 0.2) is 6.61 Å². The lowest BCUT2D eigenvalue weighted by atomic mass is 9.87. The minimum absolute atomic E-state index is 0.0563. The van der Waals surface area contributed by atoms with Crippen LogP contribution in [0.15, 0.2) is 60.7 Å². The summed E-state index contributed by atoms with van der Waals surface area (Å²) in [6.45, 7) is 6.61. The van der Waals surface area contributed by atoms with Gasteiger partial charge in [-0.2, -0.15) is 0 Å². The lowest BCUT2D eigenvalue weighted by molar-refractivity contribution is -0.121. The molecule has 0 spiro atoms. The van der Waals surface area contributed by atoms with Crippen LogP contribution in [-0.4, -0.2) is 19.1 Å². The Morgan fingerprint density at radius 2 is 1.70 bits per heavy atom. The number of ether oxygens (including phenoxy) is 2. The first-order valence-corrected chi connectivity index (χ1v) is 13.3. The zero-order valence-electron chi connectivity index (χ0n) is 18.6. The van der Waals surface area contributed by atoms with Gasteiger partial charge in [0, 0.05) is 11.1 Å². The number of benzene rings is 3. The first-order chi connectivity index (χ1) is 15.9. The van der Waals surface area contributed by atoms with Crippen LogP contribution in [0.1, 0.15) is 25.6 Å². The minimum Gasteiger partial charge on any atom is -0.494 e. The fourth-order valence-electron chi connectivity index (χ4n) is 4.38. The van der Waals surface area contributed by atoms with Crippen molar-refractivity contribution in [1.29, 1.82) is 0 Å². The Labute approximate surface area is 205 Å². The molecule has 0 unspecified atom stereocenters. The summed E-state index contributed by atoms with van der Waals surface area (Å²) in [5.74, 6) is 1.34.